The second-order valence-corrected chi connectivity index (χ2v) is 8.73. The number of sulfonamides is 1. The van der Waals surface area contributed by atoms with Crippen LogP contribution in [0.2, 0.25) is 0 Å². The summed E-state index contributed by atoms with van der Waals surface area (Å²) < 4.78 is 28.2. The third-order valence-electron chi connectivity index (χ3n) is 4.43. The van der Waals surface area contributed by atoms with E-state index in [-0.39, 0.29) is 11.9 Å². The van der Waals surface area contributed by atoms with Crippen molar-refractivity contribution in [2.24, 2.45) is 0 Å². The van der Waals surface area contributed by atoms with Crippen LogP contribution in [0.3, 0.4) is 0 Å². The number of hydrogen-bond acceptors (Lipinski definition) is 4. The molecule has 1 unspecified atom stereocenters. The lowest BCUT2D eigenvalue weighted by atomic mass is 10.1. The number of aromatic nitrogens is 2. The van der Waals surface area contributed by atoms with Gasteiger partial charge in [-0.3, -0.25) is 9.48 Å². The fourth-order valence-electron chi connectivity index (χ4n) is 2.89. The van der Waals surface area contributed by atoms with E-state index in [4.69, 9.17) is 0 Å². The minimum Gasteiger partial charge on any atom is -0.342 e. The van der Waals surface area contributed by atoms with E-state index >= 15 is 0 Å². The maximum atomic E-state index is 12.5. The summed E-state index contributed by atoms with van der Waals surface area (Å²) in [5.74, 6) is 0.0847. The van der Waals surface area contributed by atoms with E-state index in [2.05, 4.69) is 5.10 Å². The Hall–Kier alpha value is -1.41. The Morgan fingerprint density at radius 3 is 2.73 bits per heavy atom. The topological polar surface area (TPSA) is 75.5 Å². The molecule has 3 rings (SSSR count). The lowest BCUT2D eigenvalue weighted by molar-refractivity contribution is -0.135. The molecule has 0 aliphatic carbocycles. The normalized spacial score (nSPS) is 22.5. The van der Waals surface area contributed by atoms with Crippen molar-refractivity contribution in [1.29, 1.82) is 0 Å². The quantitative estimate of drug-likeness (QED) is 0.812. The number of fused-ring (bicyclic) bond motifs is 1. The predicted molar refractivity (Wildman–Crippen MR) is 81.5 cm³/mol. The van der Waals surface area contributed by atoms with E-state index in [0.717, 1.165) is 25.2 Å². The molecule has 0 radical (unpaired) electrons. The standard InChI is InChI=1S/C14H22N4O3S/c1-11(2)22(20,21)17-9-12-4-5-15-18(12)13(10-17)8-14(19)16-6-3-7-16/h4-5,11,13H,3,6-10H2,1-2H3. The molecule has 0 aromatic carbocycles. The maximum absolute atomic E-state index is 12.5. The molecule has 0 spiro atoms. The van der Waals surface area contributed by atoms with Crippen LogP contribution < -0.4 is 0 Å². The summed E-state index contributed by atoms with van der Waals surface area (Å²) in [4.78, 5) is 14.1. The summed E-state index contributed by atoms with van der Waals surface area (Å²) in [6.07, 6.45) is 3.03. The van der Waals surface area contributed by atoms with Gasteiger partial charge in [-0.2, -0.15) is 9.40 Å². The van der Waals surface area contributed by atoms with E-state index in [1.165, 1.54) is 4.31 Å². The van der Waals surface area contributed by atoms with Crippen molar-refractivity contribution in [2.45, 2.75) is 44.5 Å². The molecular formula is C14H22N4O3S. The molecule has 122 valence electrons. The van der Waals surface area contributed by atoms with Gasteiger partial charge in [-0.1, -0.05) is 0 Å². The van der Waals surface area contributed by atoms with Crippen molar-refractivity contribution in [3.05, 3.63) is 18.0 Å². The molecule has 0 bridgehead atoms. The second-order valence-electron chi connectivity index (χ2n) is 6.25. The lowest BCUT2D eigenvalue weighted by Gasteiger charge is -2.36. The summed E-state index contributed by atoms with van der Waals surface area (Å²) in [5, 5.41) is 3.82. The van der Waals surface area contributed by atoms with Crippen LogP contribution in [0.5, 0.6) is 0 Å². The number of nitrogens with zero attached hydrogens (tertiary/aromatic N) is 4. The fourth-order valence-corrected chi connectivity index (χ4v) is 4.18. The molecule has 1 amide bonds. The molecule has 1 aromatic rings. The third kappa shape index (κ3) is 2.65. The Morgan fingerprint density at radius 1 is 1.41 bits per heavy atom. The molecule has 2 aliphatic heterocycles. The number of rotatable bonds is 4. The van der Waals surface area contributed by atoms with Crippen molar-refractivity contribution >= 4 is 15.9 Å². The van der Waals surface area contributed by atoms with E-state index in [0.29, 0.717) is 19.5 Å². The number of amides is 1. The smallest absolute Gasteiger partial charge is 0.224 e. The number of carbonyl (C=O) groups is 1. The van der Waals surface area contributed by atoms with Gasteiger partial charge >= 0.3 is 0 Å². The molecule has 7 nitrogen and oxygen atoms in total. The minimum absolute atomic E-state index is 0.0847. The number of carbonyl (C=O) groups excluding carboxylic acids is 1. The molecule has 1 saturated heterocycles. The van der Waals surface area contributed by atoms with E-state index in [9.17, 15) is 13.2 Å². The average Bonchev–Trinajstić information content (AvgIpc) is 2.84. The van der Waals surface area contributed by atoms with Crippen LogP contribution in [-0.4, -0.2) is 58.2 Å². The molecule has 1 atom stereocenters. The largest absolute Gasteiger partial charge is 0.342 e. The Kier molecular flexibility index (Phi) is 3.98. The van der Waals surface area contributed by atoms with Gasteiger partial charge in [0.15, 0.2) is 0 Å². The summed E-state index contributed by atoms with van der Waals surface area (Å²) in [6.45, 7) is 5.63. The molecule has 0 N–H and O–H groups in total. The van der Waals surface area contributed by atoms with Gasteiger partial charge in [-0.15, -0.1) is 0 Å². The van der Waals surface area contributed by atoms with E-state index < -0.39 is 15.3 Å². The second kappa shape index (κ2) is 5.66. The lowest BCUT2D eigenvalue weighted by Crippen LogP contribution is -2.47. The maximum Gasteiger partial charge on any atom is 0.224 e. The molecule has 8 heteroatoms. The van der Waals surface area contributed by atoms with Crippen LogP contribution in [0.25, 0.3) is 0 Å². The first-order valence-corrected chi connectivity index (χ1v) is 9.19. The zero-order chi connectivity index (χ0) is 15.9. The van der Waals surface area contributed by atoms with Gasteiger partial charge in [0.2, 0.25) is 15.9 Å². The summed E-state index contributed by atoms with van der Waals surface area (Å²) >= 11 is 0. The highest BCUT2D eigenvalue weighted by molar-refractivity contribution is 7.89. The SMILES string of the molecule is CC(C)S(=O)(=O)N1Cc2ccnn2C(CC(=O)N2CCC2)C1. The predicted octanol–water partition coefficient (Wildman–Crippen LogP) is 0.600. The van der Waals surface area contributed by atoms with Crippen LogP contribution in [0.1, 0.15) is 38.4 Å². The monoisotopic (exact) mass is 326 g/mol. The zero-order valence-electron chi connectivity index (χ0n) is 13.0. The highest BCUT2D eigenvalue weighted by Gasteiger charge is 2.36. The Balaban J connectivity index is 1.82. The first kappa shape index (κ1) is 15.5. The van der Waals surface area contributed by atoms with Gasteiger partial charge in [-0.25, -0.2) is 8.42 Å². The Bertz CT molecular complexity index is 663. The fraction of sp³-hybridized carbons (Fsp3) is 0.714. The van der Waals surface area contributed by atoms with Crippen LogP contribution in [0, 0.1) is 0 Å². The molecule has 2 aliphatic rings. The van der Waals surface area contributed by atoms with Crippen LogP contribution >= 0.6 is 0 Å². The van der Waals surface area contributed by atoms with E-state index in [1.54, 1.807) is 20.0 Å². The van der Waals surface area contributed by atoms with Crippen LogP contribution in [0.15, 0.2) is 12.3 Å². The van der Waals surface area contributed by atoms with Crippen molar-refractivity contribution in [1.82, 2.24) is 19.0 Å². The first-order valence-electron chi connectivity index (χ1n) is 7.68. The molecule has 22 heavy (non-hydrogen) atoms. The molecule has 3 heterocycles. The Labute approximate surface area is 130 Å². The van der Waals surface area contributed by atoms with Crippen LogP contribution in [0.4, 0.5) is 0 Å². The minimum atomic E-state index is -3.33. The van der Waals surface area contributed by atoms with Crippen molar-refractivity contribution in [3.63, 3.8) is 0 Å². The van der Waals surface area contributed by atoms with Gasteiger partial charge < -0.3 is 4.90 Å². The van der Waals surface area contributed by atoms with E-state index in [1.807, 2.05) is 15.6 Å². The summed E-state index contributed by atoms with van der Waals surface area (Å²) in [5.41, 5.74) is 0.844. The van der Waals surface area contributed by atoms with Gasteiger partial charge in [0, 0.05) is 25.8 Å². The van der Waals surface area contributed by atoms with Gasteiger partial charge in [0.25, 0.3) is 0 Å². The highest BCUT2D eigenvalue weighted by atomic mass is 32.2. The summed E-state index contributed by atoms with van der Waals surface area (Å²) in [6, 6.07) is 1.60. The van der Waals surface area contributed by atoms with Gasteiger partial charge in [0.05, 0.1) is 30.0 Å². The van der Waals surface area contributed by atoms with Gasteiger partial charge in [0.1, 0.15) is 0 Å². The zero-order valence-corrected chi connectivity index (χ0v) is 13.8. The van der Waals surface area contributed by atoms with Gasteiger partial charge in [-0.05, 0) is 26.3 Å². The number of hydrogen-bond donors (Lipinski definition) is 0. The average molecular weight is 326 g/mol. The highest BCUT2D eigenvalue weighted by Crippen LogP contribution is 2.27. The molecular weight excluding hydrogens is 304 g/mol. The third-order valence-corrected chi connectivity index (χ3v) is 6.61. The van der Waals surface area contributed by atoms with Crippen molar-refractivity contribution in [2.75, 3.05) is 19.6 Å². The molecule has 1 aromatic heterocycles. The Morgan fingerprint density at radius 2 is 2.14 bits per heavy atom. The summed E-state index contributed by atoms with van der Waals surface area (Å²) in [7, 11) is -3.33. The van der Waals surface area contributed by atoms with Crippen molar-refractivity contribution < 1.29 is 13.2 Å². The van der Waals surface area contributed by atoms with Crippen LogP contribution in [-0.2, 0) is 21.4 Å². The molecule has 0 saturated carbocycles. The van der Waals surface area contributed by atoms with Crippen molar-refractivity contribution in [3.8, 4) is 0 Å². The first-order chi connectivity index (χ1) is 10.4. The molecule has 1 fully saturated rings. The number of likely N-dealkylation sites (tertiary alicyclic amines) is 1.